The number of rotatable bonds is 51. The molecule has 0 aromatic carbocycles. The molecule has 39 heteroatoms. The molecule has 0 bridgehead atoms. The average molecular weight is 1660 g/mol. The van der Waals surface area contributed by atoms with E-state index in [1.807, 2.05) is 0 Å². The van der Waals surface area contributed by atoms with Crippen molar-refractivity contribution in [3.63, 3.8) is 0 Å². The molecule has 5 heterocycles. The molecular formula is C74H129O38P. The first kappa shape index (κ1) is 98.9. The van der Waals surface area contributed by atoms with E-state index in [2.05, 4.69) is 50.3 Å². The molecule has 21 N–H and O–H groups in total. The van der Waals surface area contributed by atoms with Crippen molar-refractivity contribution in [1.29, 1.82) is 0 Å². The Labute approximate surface area is 657 Å². The van der Waals surface area contributed by atoms with Crippen LogP contribution in [-0.4, -0.2) is 361 Å². The smallest absolute Gasteiger partial charge is 0.462 e. The quantitative estimate of drug-likeness (QED) is 0.0128. The zero-order valence-electron chi connectivity index (χ0n) is 64.3. The number of carbonyl (C=O) groups is 2. The van der Waals surface area contributed by atoms with Gasteiger partial charge >= 0.3 is 19.8 Å². The number of aliphatic hydroxyl groups is 20. The van der Waals surface area contributed by atoms with Crippen LogP contribution in [0.1, 0.15) is 174 Å². The average Bonchev–Trinajstić information content (AvgIpc) is 0.755. The van der Waals surface area contributed by atoms with E-state index in [4.69, 9.17) is 65.9 Å². The number of esters is 2. The summed E-state index contributed by atoms with van der Waals surface area (Å²) in [6.07, 6.45) is -31.9. The van der Waals surface area contributed by atoms with E-state index < -0.39 is 262 Å². The summed E-state index contributed by atoms with van der Waals surface area (Å²) >= 11 is 0. The van der Waals surface area contributed by atoms with E-state index in [9.17, 15) is 121 Å². The predicted molar refractivity (Wildman–Crippen MR) is 389 cm³/mol. The number of hydrogen-bond donors (Lipinski definition) is 21. The summed E-state index contributed by atoms with van der Waals surface area (Å²) in [6, 6.07) is 0. The van der Waals surface area contributed by atoms with Crippen molar-refractivity contribution in [3.05, 3.63) is 36.5 Å². The van der Waals surface area contributed by atoms with Gasteiger partial charge in [-0.05, 0) is 70.6 Å². The van der Waals surface area contributed by atoms with Crippen LogP contribution in [0, 0.1) is 0 Å². The molecule has 6 aliphatic rings. The number of allylic oxidation sites excluding steroid dienone is 6. The zero-order chi connectivity index (χ0) is 82.9. The molecule has 0 aromatic heterocycles. The fraction of sp³-hybridized carbons (Fsp3) is 0.892. The van der Waals surface area contributed by atoms with Crippen molar-refractivity contribution < 1.29 is 187 Å². The maximum atomic E-state index is 14.5. The minimum atomic E-state index is -5.87. The molecule has 6 fully saturated rings. The highest BCUT2D eigenvalue weighted by Crippen LogP contribution is 2.49. The summed E-state index contributed by atoms with van der Waals surface area (Å²) in [6.45, 7) is -1.98. The molecule has 0 radical (unpaired) electrons. The molecule has 0 aromatic rings. The van der Waals surface area contributed by atoms with Crippen LogP contribution in [0.3, 0.4) is 0 Å². The largest absolute Gasteiger partial charge is 0.472 e. The summed E-state index contributed by atoms with van der Waals surface area (Å²) in [5, 5.41) is 217. The maximum absolute atomic E-state index is 14.5. The van der Waals surface area contributed by atoms with Crippen LogP contribution in [-0.2, 0) is 80.0 Å². The summed E-state index contributed by atoms with van der Waals surface area (Å²) in [7, 11) is -5.87. The Morgan fingerprint density at radius 2 is 0.664 bits per heavy atom. The molecule has 5 aliphatic heterocycles. The number of phosphoric ester groups is 1. The van der Waals surface area contributed by atoms with Crippen molar-refractivity contribution in [2.24, 2.45) is 0 Å². The first-order valence-electron chi connectivity index (χ1n) is 39.9. The van der Waals surface area contributed by atoms with Crippen LogP contribution >= 0.6 is 7.82 Å². The molecular weight excluding hydrogens is 1530 g/mol. The SMILES string of the molecule is CCCCCC/C=C\C/C=C\CCCCCCCC(=O)OC[C@H](COP(=O)(O)O[C@@H]1C(O[C@@H]2OC(CO[C@@H]3OC(CO[C@@H]4OC(CO[C@@H]5OC(CO)[C@H](O)C(O)[C@@H]5O)[C@H](O)C(O)[C@@H]4O)[C@H](O)C(O)[C@@H]3O)[C@H](O)C(O)[C@@H]2O)C(O)[C@@H](O)C(O)[C@H]1O[C@H]1OC(CO)[C@@H](O)C(O)[C@H]1O)OC(=O)CCCCCCC/C=C\CCCCCC. The molecule has 0 spiro atoms. The monoisotopic (exact) mass is 1660 g/mol. The second-order valence-electron chi connectivity index (χ2n) is 29.7. The van der Waals surface area contributed by atoms with Crippen LogP contribution < -0.4 is 0 Å². The van der Waals surface area contributed by atoms with Crippen molar-refractivity contribution in [3.8, 4) is 0 Å². The van der Waals surface area contributed by atoms with Gasteiger partial charge in [0.05, 0.1) is 39.6 Å². The highest BCUT2D eigenvalue weighted by molar-refractivity contribution is 7.47. The molecule has 658 valence electrons. The number of hydrogen-bond acceptors (Lipinski definition) is 37. The minimum absolute atomic E-state index is 0.0402. The van der Waals surface area contributed by atoms with Gasteiger partial charge in [0, 0.05) is 12.8 Å². The number of phosphoric acid groups is 1. The third-order valence-corrected chi connectivity index (χ3v) is 21.7. The minimum Gasteiger partial charge on any atom is -0.462 e. The Hall–Kier alpha value is -2.93. The lowest BCUT2D eigenvalue weighted by Gasteiger charge is -2.49. The van der Waals surface area contributed by atoms with Crippen LogP contribution in [0.25, 0.3) is 0 Å². The highest BCUT2D eigenvalue weighted by Gasteiger charge is 2.59. The Kier molecular flexibility index (Phi) is 45.2. The van der Waals surface area contributed by atoms with Crippen LogP contribution in [0.5, 0.6) is 0 Å². The summed E-state index contributed by atoms with van der Waals surface area (Å²) < 4.78 is 92.8. The zero-order valence-corrected chi connectivity index (χ0v) is 65.2. The van der Waals surface area contributed by atoms with Crippen LogP contribution in [0.2, 0.25) is 0 Å². The van der Waals surface area contributed by atoms with E-state index in [1.165, 1.54) is 38.5 Å². The normalized spacial score (nSPS) is 38.1. The molecule has 5 saturated heterocycles. The van der Waals surface area contributed by atoms with Crippen molar-refractivity contribution in [2.75, 3.05) is 46.2 Å². The van der Waals surface area contributed by atoms with Gasteiger partial charge in [-0.25, -0.2) is 4.57 Å². The van der Waals surface area contributed by atoms with Gasteiger partial charge in [0.25, 0.3) is 0 Å². The fourth-order valence-corrected chi connectivity index (χ4v) is 14.6. The summed E-state index contributed by atoms with van der Waals surface area (Å²) in [5.74, 6) is -1.51. The lowest BCUT2D eigenvalue weighted by atomic mass is 9.84. The molecule has 0 amide bonds. The molecule has 6 rings (SSSR count). The first-order chi connectivity index (χ1) is 54.0. The third kappa shape index (κ3) is 30.9. The van der Waals surface area contributed by atoms with Gasteiger partial charge in [-0.1, -0.05) is 127 Å². The maximum Gasteiger partial charge on any atom is 0.472 e. The fourth-order valence-electron chi connectivity index (χ4n) is 13.6. The first-order valence-corrected chi connectivity index (χ1v) is 41.4. The Morgan fingerprint density at radius 3 is 1.05 bits per heavy atom. The Bertz CT molecular complexity index is 2760. The van der Waals surface area contributed by atoms with Crippen LogP contribution in [0.15, 0.2) is 36.5 Å². The van der Waals surface area contributed by atoms with E-state index in [0.29, 0.717) is 25.7 Å². The van der Waals surface area contributed by atoms with Gasteiger partial charge in [0.1, 0.15) is 165 Å². The molecule has 14 unspecified atom stereocenters. The van der Waals surface area contributed by atoms with Gasteiger partial charge in [0.2, 0.25) is 0 Å². The number of ether oxygens (including phenoxy) is 12. The topological polar surface area (TPSA) is 605 Å². The number of carbonyl (C=O) groups excluding carboxylic acids is 2. The standard InChI is InChI=1S/C74H129O38P/c1-3-5-7-9-11-13-15-17-18-19-21-22-24-26-28-30-32-47(77)99-36-41(104-48(78)33-31-29-27-25-23-20-16-14-12-10-8-6-4-2)37-103-113(97,98)112-69-67(110-73-65(95)55(85)50(80)43(35-76)106-73)60(90)59(89)61(91)68(69)111-74-66(96)58(88)53(83)46(109-74)40-102-72-64(94)57(87)52(82)45(108-72)39-101-71-63(93)56(86)51(81)44(107-71)38-100-70-62(92)54(84)49(79)42(34-75)105-70/h13-16,18-19,41-46,49-76,79-96H,3-12,17,20-40H2,1-2H3,(H,97,98)/b15-13-,16-14-,19-18-/t41-,42?,43?,44?,45?,46?,49+,50-,51+,52+,53+,54?,55?,56?,57?,58?,59+,60?,61?,62+,63+,64+,65-,66+,67-,68?,69+,70-,71-,72-,73-,74+/m1/s1. The number of unbranched alkanes of at least 4 members (excludes halogenated alkanes) is 18. The lowest BCUT2D eigenvalue weighted by molar-refractivity contribution is -0.365. The molecule has 33 atom stereocenters. The van der Waals surface area contributed by atoms with Gasteiger partial charge in [-0.15, -0.1) is 0 Å². The van der Waals surface area contributed by atoms with Gasteiger partial charge in [0.15, 0.2) is 37.6 Å². The molecule has 38 nitrogen and oxygen atoms in total. The summed E-state index contributed by atoms with van der Waals surface area (Å²) in [4.78, 5) is 38.3. The lowest BCUT2D eigenvalue weighted by Crippen LogP contribution is -2.69. The Balaban J connectivity index is 1.13. The van der Waals surface area contributed by atoms with Gasteiger partial charge in [-0.2, -0.15) is 0 Å². The number of aliphatic hydroxyl groups excluding tert-OH is 20. The van der Waals surface area contributed by atoms with E-state index in [0.717, 1.165) is 83.5 Å². The predicted octanol–water partition coefficient (Wildman–Crippen LogP) is -2.66. The van der Waals surface area contributed by atoms with E-state index in [1.54, 1.807) is 0 Å². The van der Waals surface area contributed by atoms with Crippen molar-refractivity contribution >= 4 is 19.8 Å². The van der Waals surface area contributed by atoms with E-state index >= 15 is 0 Å². The van der Waals surface area contributed by atoms with Crippen LogP contribution in [0.4, 0.5) is 0 Å². The molecule has 113 heavy (non-hydrogen) atoms. The second-order valence-corrected chi connectivity index (χ2v) is 31.1. The van der Waals surface area contributed by atoms with Crippen molar-refractivity contribution in [2.45, 2.75) is 371 Å². The van der Waals surface area contributed by atoms with E-state index in [-0.39, 0.29) is 12.8 Å². The molecule has 1 saturated carbocycles. The highest BCUT2D eigenvalue weighted by atomic mass is 31.2. The second kappa shape index (κ2) is 51.6. The molecule has 1 aliphatic carbocycles. The van der Waals surface area contributed by atoms with Crippen molar-refractivity contribution in [1.82, 2.24) is 0 Å². The van der Waals surface area contributed by atoms with Gasteiger partial charge in [-0.3, -0.25) is 18.6 Å². The van der Waals surface area contributed by atoms with Gasteiger partial charge < -0.3 is 164 Å². The third-order valence-electron chi connectivity index (χ3n) is 20.7. The summed E-state index contributed by atoms with van der Waals surface area (Å²) in [5.41, 5.74) is 0. The Morgan fingerprint density at radius 1 is 0.354 bits per heavy atom.